The molecule has 5 rings (SSSR count). The molecule has 0 unspecified atom stereocenters. The number of halogens is 1. The Morgan fingerprint density at radius 1 is 1.11 bits per heavy atom. The van der Waals surface area contributed by atoms with Crippen LogP contribution < -0.4 is 5.32 Å². The second-order valence-corrected chi connectivity index (χ2v) is 9.24. The molecule has 1 N–H and O–H groups in total. The van der Waals surface area contributed by atoms with Crippen molar-refractivity contribution >= 4 is 11.6 Å². The number of aromatic nitrogens is 2. The van der Waals surface area contributed by atoms with Crippen LogP contribution in [-0.4, -0.2) is 52.7 Å². The first-order valence-corrected chi connectivity index (χ1v) is 12.0. The van der Waals surface area contributed by atoms with Crippen molar-refractivity contribution in [1.29, 1.82) is 5.26 Å². The van der Waals surface area contributed by atoms with Crippen LogP contribution in [0.3, 0.4) is 0 Å². The Labute approximate surface area is 204 Å². The van der Waals surface area contributed by atoms with Crippen molar-refractivity contribution in [2.24, 2.45) is 0 Å². The van der Waals surface area contributed by atoms with Crippen molar-refractivity contribution in [1.82, 2.24) is 14.5 Å². The molecule has 1 amide bonds. The molecule has 1 aromatic carbocycles. The van der Waals surface area contributed by atoms with Crippen LogP contribution in [0.4, 0.5) is 10.1 Å². The number of nitriles is 1. The highest BCUT2D eigenvalue weighted by molar-refractivity contribution is 6.04. The topological polar surface area (TPSA) is 83.2 Å². The van der Waals surface area contributed by atoms with Gasteiger partial charge in [0.25, 0.3) is 5.91 Å². The number of ether oxygens (including phenoxy) is 1. The third kappa shape index (κ3) is 4.97. The van der Waals surface area contributed by atoms with Crippen LogP contribution in [-0.2, 0) is 10.2 Å². The van der Waals surface area contributed by atoms with Gasteiger partial charge in [0.1, 0.15) is 5.82 Å². The Kier molecular flexibility index (Phi) is 6.62. The number of morpholine rings is 1. The maximum atomic E-state index is 13.2. The molecule has 1 saturated carbocycles. The summed E-state index contributed by atoms with van der Waals surface area (Å²) in [6.45, 7) is 3.49. The predicted molar refractivity (Wildman–Crippen MR) is 130 cm³/mol. The lowest BCUT2D eigenvalue weighted by molar-refractivity contribution is 0.00493. The first kappa shape index (κ1) is 23.2. The first-order chi connectivity index (χ1) is 17.1. The standard InChI is InChI=1S/C27H28FN5O2/c28-21-1-4-23(5-2-21)33-12-9-20(18-33)26(34)31-22-3-6-25(30-17-22)27(19-29)10-7-24(8-11-27)32-13-15-35-16-14-32/h1-6,9,12,17-18,24H,7-8,10-11,13-16H2,(H,31,34)/t24-,27-. The summed E-state index contributed by atoms with van der Waals surface area (Å²) in [5, 5.41) is 12.9. The van der Waals surface area contributed by atoms with E-state index in [2.05, 4.69) is 21.3 Å². The normalized spacial score (nSPS) is 22.9. The monoisotopic (exact) mass is 473 g/mol. The lowest BCUT2D eigenvalue weighted by Gasteiger charge is -2.41. The van der Waals surface area contributed by atoms with Crippen LogP contribution in [0.15, 0.2) is 61.1 Å². The van der Waals surface area contributed by atoms with Crippen LogP contribution >= 0.6 is 0 Å². The van der Waals surface area contributed by atoms with Gasteiger partial charge < -0.3 is 14.6 Å². The quantitative estimate of drug-likeness (QED) is 0.597. The molecule has 0 atom stereocenters. The van der Waals surface area contributed by atoms with Gasteiger partial charge >= 0.3 is 0 Å². The highest BCUT2D eigenvalue weighted by atomic mass is 19.1. The number of pyridine rings is 1. The van der Waals surface area contributed by atoms with Gasteiger partial charge in [-0.1, -0.05) is 0 Å². The molecule has 2 aliphatic rings. The van der Waals surface area contributed by atoms with E-state index in [1.54, 1.807) is 41.4 Å². The highest BCUT2D eigenvalue weighted by Crippen LogP contribution is 2.40. The number of nitrogens with one attached hydrogen (secondary N) is 1. The first-order valence-electron chi connectivity index (χ1n) is 12.0. The van der Waals surface area contributed by atoms with Crippen molar-refractivity contribution in [3.63, 3.8) is 0 Å². The van der Waals surface area contributed by atoms with E-state index < -0.39 is 5.41 Å². The van der Waals surface area contributed by atoms with Gasteiger partial charge in [-0.3, -0.25) is 14.7 Å². The van der Waals surface area contributed by atoms with E-state index in [4.69, 9.17) is 4.74 Å². The van der Waals surface area contributed by atoms with Gasteiger partial charge in [-0.2, -0.15) is 5.26 Å². The Morgan fingerprint density at radius 3 is 2.51 bits per heavy atom. The molecule has 7 nitrogen and oxygen atoms in total. The lowest BCUT2D eigenvalue weighted by Crippen LogP contribution is -2.47. The van der Waals surface area contributed by atoms with Gasteiger partial charge in [-0.05, 0) is 68.1 Å². The van der Waals surface area contributed by atoms with E-state index in [0.717, 1.165) is 63.4 Å². The maximum Gasteiger partial charge on any atom is 0.257 e. The van der Waals surface area contributed by atoms with E-state index >= 15 is 0 Å². The third-order valence-electron chi connectivity index (χ3n) is 7.18. The van der Waals surface area contributed by atoms with Gasteiger partial charge in [-0.15, -0.1) is 0 Å². The van der Waals surface area contributed by atoms with Crippen LogP contribution in [0.2, 0.25) is 0 Å². The highest BCUT2D eigenvalue weighted by Gasteiger charge is 2.40. The van der Waals surface area contributed by atoms with Gasteiger partial charge in [0.15, 0.2) is 0 Å². The summed E-state index contributed by atoms with van der Waals surface area (Å²) in [5.74, 6) is -0.570. The molecule has 2 fully saturated rings. The Bertz CT molecular complexity index is 1200. The molecule has 180 valence electrons. The van der Waals surface area contributed by atoms with Gasteiger partial charge in [0.05, 0.1) is 47.8 Å². The zero-order chi connectivity index (χ0) is 24.3. The molecule has 0 bridgehead atoms. The molecule has 1 aliphatic heterocycles. The second kappa shape index (κ2) is 9.98. The summed E-state index contributed by atoms with van der Waals surface area (Å²) in [6.07, 6.45) is 8.58. The maximum absolute atomic E-state index is 13.2. The molecule has 3 aromatic rings. The lowest BCUT2D eigenvalue weighted by atomic mass is 9.71. The number of benzene rings is 1. The summed E-state index contributed by atoms with van der Waals surface area (Å²) >= 11 is 0. The smallest absolute Gasteiger partial charge is 0.257 e. The number of nitrogens with zero attached hydrogens (tertiary/aromatic N) is 4. The fourth-order valence-electron chi connectivity index (χ4n) is 5.09. The molecule has 1 aliphatic carbocycles. The number of amides is 1. The number of rotatable bonds is 5. The Morgan fingerprint density at radius 2 is 1.86 bits per heavy atom. The second-order valence-electron chi connectivity index (χ2n) is 9.24. The average Bonchev–Trinajstić information content (AvgIpc) is 3.41. The molecule has 0 spiro atoms. The molecule has 3 heterocycles. The van der Waals surface area contributed by atoms with Gasteiger partial charge in [-0.25, -0.2) is 4.39 Å². The number of hydrogen-bond acceptors (Lipinski definition) is 5. The van der Waals surface area contributed by atoms with E-state index in [9.17, 15) is 14.4 Å². The molecular formula is C27H28FN5O2. The predicted octanol–water partition coefficient (Wildman–Crippen LogP) is 4.30. The fourth-order valence-corrected chi connectivity index (χ4v) is 5.09. The Balaban J connectivity index is 1.22. The molecule has 0 radical (unpaired) electrons. The molecule has 35 heavy (non-hydrogen) atoms. The van der Waals surface area contributed by atoms with Crippen LogP contribution in [0.25, 0.3) is 5.69 Å². The van der Waals surface area contributed by atoms with Crippen molar-refractivity contribution < 1.29 is 13.9 Å². The van der Waals surface area contributed by atoms with E-state index in [-0.39, 0.29) is 11.7 Å². The number of anilines is 1. The number of hydrogen-bond donors (Lipinski definition) is 1. The van der Waals surface area contributed by atoms with Gasteiger partial charge in [0.2, 0.25) is 0 Å². The Hall–Kier alpha value is -3.54. The van der Waals surface area contributed by atoms with Crippen molar-refractivity contribution in [2.45, 2.75) is 37.1 Å². The minimum Gasteiger partial charge on any atom is -0.379 e. The molecule has 2 aromatic heterocycles. The van der Waals surface area contributed by atoms with E-state index in [1.807, 2.05) is 12.1 Å². The summed E-state index contributed by atoms with van der Waals surface area (Å²) in [5.41, 5.74) is 2.00. The van der Waals surface area contributed by atoms with Crippen LogP contribution in [0.5, 0.6) is 0 Å². The van der Waals surface area contributed by atoms with E-state index in [0.29, 0.717) is 17.3 Å². The number of carbonyl (C=O) groups is 1. The van der Waals surface area contributed by atoms with Crippen molar-refractivity contribution in [2.75, 3.05) is 31.6 Å². The molecule has 1 saturated heterocycles. The van der Waals surface area contributed by atoms with Crippen LogP contribution in [0.1, 0.15) is 41.7 Å². The minimum atomic E-state index is -0.586. The molecular weight excluding hydrogens is 445 g/mol. The van der Waals surface area contributed by atoms with Crippen LogP contribution in [0, 0.1) is 17.1 Å². The SMILES string of the molecule is N#C[C@]1(c2ccc(NC(=O)c3ccn(-c4ccc(F)cc4)c3)cn2)CC[C@H](N2CCOCC2)CC1. The minimum absolute atomic E-state index is 0.263. The zero-order valence-electron chi connectivity index (χ0n) is 19.5. The summed E-state index contributed by atoms with van der Waals surface area (Å²) in [7, 11) is 0. The third-order valence-corrected chi connectivity index (χ3v) is 7.18. The van der Waals surface area contributed by atoms with Crippen molar-refractivity contribution in [3.8, 4) is 11.8 Å². The number of carbonyl (C=O) groups excluding carboxylic acids is 1. The summed E-state index contributed by atoms with van der Waals surface area (Å²) < 4.78 is 20.4. The van der Waals surface area contributed by atoms with Gasteiger partial charge in [0, 0.05) is 37.2 Å². The van der Waals surface area contributed by atoms with Crippen molar-refractivity contribution in [3.05, 3.63) is 78.1 Å². The average molecular weight is 474 g/mol. The fraction of sp³-hybridized carbons (Fsp3) is 0.370. The summed E-state index contributed by atoms with van der Waals surface area (Å²) in [6, 6.07) is 14.5. The largest absolute Gasteiger partial charge is 0.379 e. The zero-order valence-corrected chi connectivity index (χ0v) is 19.5. The van der Waals surface area contributed by atoms with E-state index in [1.165, 1.54) is 12.1 Å². The molecule has 8 heteroatoms. The summed E-state index contributed by atoms with van der Waals surface area (Å²) in [4.78, 5) is 19.8.